The minimum atomic E-state index is -0.684. The van der Waals surface area contributed by atoms with Crippen LogP contribution in [0.4, 0.5) is 0 Å². The van der Waals surface area contributed by atoms with Gasteiger partial charge in [-0.15, -0.1) is 0 Å². The first-order valence-corrected chi connectivity index (χ1v) is 12.7. The lowest BCUT2D eigenvalue weighted by atomic mass is 9.41. The number of hydrogen-bond donors (Lipinski definition) is 3. The Bertz CT molecular complexity index is 663. The van der Waals surface area contributed by atoms with Crippen LogP contribution in [0.25, 0.3) is 0 Å². The maximum absolute atomic E-state index is 12.0. The van der Waals surface area contributed by atoms with Gasteiger partial charge in [0, 0.05) is 6.42 Å². The Morgan fingerprint density at radius 1 is 1.07 bits per heavy atom. The molecule has 0 amide bonds. The highest BCUT2D eigenvalue weighted by Gasteiger charge is 2.66. The lowest BCUT2D eigenvalue weighted by molar-refractivity contribution is -0.220. The zero-order chi connectivity index (χ0) is 21.9. The van der Waals surface area contributed by atoms with Crippen molar-refractivity contribution in [3.63, 3.8) is 0 Å². The Hall–Kier alpha value is -0.610. The van der Waals surface area contributed by atoms with Gasteiger partial charge in [0.25, 0.3) is 0 Å². The highest BCUT2D eigenvalue weighted by Crippen LogP contribution is 2.70. The van der Waals surface area contributed by atoms with Gasteiger partial charge in [-0.2, -0.15) is 0 Å². The van der Waals surface area contributed by atoms with Crippen molar-refractivity contribution in [3.8, 4) is 0 Å². The molecule has 0 aromatic carbocycles. The van der Waals surface area contributed by atoms with E-state index < -0.39 is 11.6 Å². The molecule has 0 bridgehead atoms. The van der Waals surface area contributed by atoms with Gasteiger partial charge in [0.2, 0.25) is 0 Å². The van der Waals surface area contributed by atoms with Crippen LogP contribution in [-0.4, -0.2) is 33.0 Å². The number of fused-ring (bicyclic) bond motifs is 5. The van der Waals surface area contributed by atoms with Crippen LogP contribution in [0.2, 0.25) is 0 Å². The zero-order valence-electron chi connectivity index (χ0n) is 19.6. The number of aliphatic hydroxyl groups excluding tert-OH is 1. The van der Waals surface area contributed by atoms with Gasteiger partial charge in [0.15, 0.2) is 0 Å². The molecular formula is C26H44O4. The average molecular weight is 421 g/mol. The fourth-order valence-electron chi connectivity index (χ4n) is 9.30. The SMILES string of the molecule is CC[C@@]1(O)C[C@@H]2C[C@H](O)CC[C@]2(C)[C@H]2CC[C@@]3(C)[C@@H](CC[C@H]3[C@H](C)CCC(=O)O)[C@@H]21. The van der Waals surface area contributed by atoms with E-state index in [9.17, 15) is 15.0 Å². The largest absolute Gasteiger partial charge is 0.481 e. The van der Waals surface area contributed by atoms with E-state index in [0.29, 0.717) is 35.5 Å². The van der Waals surface area contributed by atoms with E-state index in [0.717, 1.165) is 38.5 Å². The van der Waals surface area contributed by atoms with Gasteiger partial charge in [0.05, 0.1) is 11.7 Å². The van der Waals surface area contributed by atoms with Gasteiger partial charge in [-0.05, 0) is 111 Å². The van der Waals surface area contributed by atoms with Gasteiger partial charge in [-0.25, -0.2) is 0 Å². The molecule has 4 fully saturated rings. The highest BCUT2D eigenvalue weighted by molar-refractivity contribution is 5.66. The first kappa shape index (κ1) is 22.6. The number of carbonyl (C=O) groups is 1. The molecule has 172 valence electrons. The molecule has 4 aliphatic carbocycles. The zero-order valence-corrected chi connectivity index (χ0v) is 19.6. The summed E-state index contributed by atoms with van der Waals surface area (Å²) in [4.78, 5) is 11.1. The predicted octanol–water partition coefficient (Wildman–Crippen LogP) is 5.26. The molecule has 3 N–H and O–H groups in total. The number of aliphatic hydroxyl groups is 2. The highest BCUT2D eigenvalue weighted by atomic mass is 16.4. The van der Waals surface area contributed by atoms with Crippen LogP contribution in [0, 0.1) is 46.3 Å². The summed E-state index contributed by atoms with van der Waals surface area (Å²) >= 11 is 0. The van der Waals surface area contributed by atoms with Crippen molar-refractivity contribution in [1.82, 2.24) is 0 Å². The van der Waals surface area contributed by atoms with E-state index in [1.165, 1.54) is 25.7 Å². The number of carboxylic acids is 1. The summed E-state index contributed by atoms with van der Waals surface area (Å²) in [6, 6.07) is 0. The summed E-state index contributed by atoms with van der Waals surface area (Å²) in [6.07, 6.45) is 10.1. The van der Waals surface area contributed by atoms with E-state index in [1.54, 1.807) is 0 Å². The fourth-order valence-corrected chi connectivity index (χ4v) is 9.30. The topological polar surface area (TPSA) is 77.8 Å². The maximum Gasteiger partial charge on any atom is 0.303 e. The Labute approximate surface area is 182 Å². The fraction of sp³-hybridized carbons (Fsp3) is 0.962. The van der Waals surface area contributed by atoms with Crippen molar-refractivity contribution >= 4 is 5.97 Å². The second-order valence-electron chi connectivity index (χ2n) is 12.2. The van der Waals surface area contributed by atoms with Crippen LogP contribution in [-0.2, 0) is 4.79 Å². The molecule has 4 aliphatic rings. The molecule has 4 heteroatoms. The lowest BCUT2D eigenvalue weighted by Gasteiger charge is -2.65. The summed E-state index contributed by atoms with van der Waals surface area (Å²) in [5, 5.41) is 31.5. The first-order valence-electron chi connectivity index (χ1n) is 12.7. The molecule has 0 spiro atoms. The van der Waals surface area contributed by atoms with Gasteiger partial charge in [0.1, 0.15) is 0 Å². The Morgan fingerprint density at radius 2 is 1.73 bits per heavy atom. The molecule has 0 aromatic heterocycles. The first-order chi connectivity index (χ1) is 14.0. The van der Waals surface area contributed by atoms with Crippen LogP contribution in [0.1, 0.15) is 98.3 Å². The smallest absolute Gasteiger partial charge is 0.303 e. The quantitative estimate of drug-likeness (QED) is 0.567. The monoisotopic (exact) mass is 420 g/mol. The molecule has 0 saturated heterocycles. The summed E-state index contributed by atoms with van der Waals surface area (Å²) in [5.41, 5.74) is -0.142. The molecule has 0 aliphatic heterocycles. The Balaban J connectivity index is 1.63. The van der Waals surface area contributed by atoms with E-state index in [1.807, 2.05) is 0 Å². The standard InChI is InChI=1S/C26H44O4/c1-5-26(30)15-17-14-18(27)10-12-24(17,3)21-11-13-25(4)19(7-8-20(25)23(21)26)16(2)6-9-22(28)29/h16-21,23,27,30H,5-15H2,1-4H3,(H,28,29)/t16-,17+,18-,19+,20+,21+,23+,24+,25-,26-/m1/s1. The predicted molar refractivity (Wildman–Crippen MR) is 118 cm³/mol. The molecule has 0 unspecified atom stereocenters. The number of hydrogen-bond acceptors (Lipinski definition) is 3. The van der Waals surface area contributed by atoms with Crippen molar-refractivity contribution in [2.24, 2.45) is 46.3 Å². The summed E-state index contributed by atoms with van der Waals surface area (Å²) in [6.45, 7) is 9.37. The molecule has 0 heterocycles. The van der Waals surface area contributed by atoms with E-state index in [-0.39, 0.29) is 23.4 Å². The third-order valence-corrected chi connectivity index (χ3v) is 11.0. The van der Waals surface area contributed by atoms with Gasteiger partial charge >= 0.3 is 5.97 Å². The number of carboxylic acid groups (broad SMARTS) is 1. The normalized spacial score (nSPS) is 51.5. The second-order valence-corrected chi connectivity index (χ2v) is 12.2. The number of rotatable bonds is 5. The summed E-state index contributed by atoms with van der Waals surface area (Å²) in [7, 11) is 0. The molecule has 10 atom stereocenters. The second kappa shape index (κ2) is 7.76. The summed E-state index contributed by atoms with van der Waals surface area (Å²) in [5.74, 6) is 2.21. The third kappa shape index (κ3) is 3.36. The van der Waals surface area contributed by atoms with E-state index in [2.05, 4.69) is 27.7 Å². The van der Waals surface area contributed by atoms with E-state index >= 15 is 0 Å². The van der Waals surface area contributed by atoms with Crippen molar-refractivity contribution < 1.29 is 20.1 Å². The molecule has 0 radical (unpaired) electrons. The Kier molecular flexibility index (Phi) is 5.84. The molecule has 4 saturated carbocycles. The summed E-state index contributed by atoms with van der Waals surface area (Å²) < 4.78 is 0. The van der Waals surface area contributed by atoms with Crippen LogP contribution in [0.15, 0.2) is 0 Å². The molecule has 30 heavy (non-hydrogen) atoms. The van der Waals surface area contributed by atoms with Gasteiger partial charge in [-0.3, -0.25) is 4.79 Å². The van der Waals surface area contributed by atoms with Crippen LogP contribution in [0.5, 0.6) is 0 Å². The van der Waals surface area contributed by atoms with Crippen molar-refractivity contribution in [1.29, 1.82) is 0 Å². The van der Waals surface area contributed by atoms with Crippen molar-refractivity contribution in [2.75, 3.05) is 0 Å². The van der Waals surface area contributed by atoms with Gasteiger partial charge < -0.3 is 15.3 Å². The van der Waals surface area contributed by atoms with Gasteiger partial charge in [-0.1, -0.05) is 27.7 Å². The molecule has 4 rings (SSSR count). The maximum atomic E-state index is 12.0. The number of aliphatic carboxylic acids is 1. The molecule has 4 nitrogen and oxygen atoms in total. The van der Waals surface area contributed by atoms with Crippen molar-refractivity contribution in [2.45, 2.75) is 110 Å². The minimum Gasteiger partial charge on any atom is -0.481 e. The van der Waals surface area contributed by atoms with Crippen LogP contribution >= 0.6 is 0 Å². The minimum absolute atomic E-state index is 0.194. The Morgan fingerprint density at radius 3 is 2.40 bits per heavy atom. The van der Waals surface area contributed by atoms with Crippen LogP contribution < -0.4 is 0 Å². The van der Waals surface area contributed by atoms with E-state index in [4.69, 9.17) is 5.11 Å². The average Bonchev–Trinajstić information content (AvgIpc) is 3.04. The van der Waals surface area contributed by atoms with Crippen molar-refractivity contribution in [3.05, 3.63) is 0 Å². The molecule has 0 aromatic rings. The molecular weight excluding hydrogens is 376 g/mol. The lowest BCUT2D eigenvalue weighted by Crippen LogP contribution is -2.63. The third-order valence-electron chi connectivity index (χ3n) is 11.0. The van der Waals surface area contributed by atoms with Crippen LogP contribution in [0.3, 0.4) is 0 Å².